The van der Waals surface area contributed by atoms with Gasteiger partial charge in [0.2, 0.25) is 5.91 Å². The molecule has 6 heteroatoms. The van der Waals surface area contributed by atoms with Crippen molar-refractivity contribution in [1.29, 1.82) is 0 Å². The van der Waals surface area contributed by atoms with Crippen LogP contribution in [0.4, 0.5) is 5.69 Å². The third-order valence-corrected chi connectivity index (χ3v) is 4.56. The molecule has 1 rings (SSSR count). The summed E-state index contributed by atoms with van der Waals surface area (Å²) < 4.78 is 24.3. The second kappa shape index (κ2) is 7.28. The topological polar surface area (TPSA) is 75.3 Å². The van der Waals surface area contributed by atoms with Gasteiger partial charge in [-0.25, -0.2) is 8.42 Å². The Morgan fingerprint density at radius 2 is 1.90 bits per heavy atom. The predicted molar refractivity (Wildman–Crippen MR) is 80.6 cm³/mol. The van der Waals surface area contributed by atoms with E-state index in [1.54, 1.807) is 24.3 Å². The lowest BCUT2D eigenvalue weighted by Crippen LogP contribution is -2.35. The molecule has 0 aliphatic carbocycles. The summed E-state index contributed by atoms with van der Waals surface area (Å²) in [5.41, 5.74) is 0.472. The maximum Gasteiger partial charge on any atom is 0.239 e. The molecular weight excluding hydrogens is 276 g/mol. The van der Waals surface area contributed by atoms with E-state index in [2.05, 4.69) is 10.6 Å². The maximum atomic E-state index is 12.1. The van der Waals surface area contributed by atoms with Crippen LogP contribution >= 0.6 is 0 Å². The quantitative estimate of drug-likeness (QED) is 0.805. The fourth-order valence-electron chi connectivity index (χ4n) is 1.81. The second-order valence-corrected chi connectivity index (χ2v) is 6.97. The molecule has 1 amide bonds. The Morgan fingerprint density at radius 3 is 2.50 bits per heavy atom. The van der Waals surface area contributed by atoms with E-state index in [-0.39, 0.29) is 29.1 Å². The summed E-state index contributed by atoms with van der Waals surface area (Å²) in [5.74, 6) is -0.0631. The average molecular weight is 298 g/mol. The van der Waals surface area contributed by atoms with Crippen LogP contribution in [-0.2, 0) is 14.6 Å². The third-order valence-electron chi connectivity index (χ3n) is 2.58. The zero-order valence-corrected chi connectivity index (χ0v) is 13.0. The summed E-state index contributed by atoms with van der Waals surface area (Å²) in [6.45, 7) is 5.62. The molecule has 0 spiro atoms. The SMILES string of the molecule is CCCS(=O)(=O)c1ccccc1NCC(=O)NC(C)C. The van der Waals surface area contributed by atoms with E-state index in [0.29, 0.717) is 12.1 Å². The van der Waals surface area contributed by atoms with Gasteiger partial charge in [-0.3, -0.25) is 4.79 Å². The largest absolute Gasteiger partial charge is 0.375 e. The average Bonchev–Trinajstić information content (AvgIpc) is 2.36. The number of carbonyl (C=O) groups excluding carboxylic acids is 1. The lowest BCUT2D eigenvalue weighted by atomic mass is 10.3. The Morgan fingerprint density at radius 1 is 1.25 bits per heavy atom. The highest BCUT2D eigenvalue weighted by Crippen LogP contribution is 2.22. The van der Waals surface area contributed by atoms with Gasteiger partial charge in [-0.1, -0.05) is 19.1 Å². The summed E-state index contributed by atoms with van der Waals surface area (Å²) in [4.78, 5) is 11.8. The zero-order chi connectivity index (χ0) is 15.2. The Balaban J connectivity index is 2.84. The van der Waals surface area contributed by atoms with Crippen molar-refractivity contribution in [2.45, 2.75) is 38.1 Å². The van der Waals surface area contributed by atoms with Crippen LogP contribution in [0.1, 0.15) is 27.2 Å². The van der Waals surface area contributed by atoms with Gasteiger partial charge in [0.1, 0.15) is 0 Å². The van der Waals surface area contributed by atoms with Crippen LogP contribution in [0.2, 0.25) is 0 Å². The Hall–Kier alpha value is -1.56. The highest BCUT2D eigenvalue weighted by Gasteiger charge is 2.17. The standard InChI is InChI=1S/C14H22N2O3S/c1-4-9-20(18,19)13-8-6-5-7-12(13)15-10-14(17)16-11(2)3/h5-8,11,15H,4,9-10H2,1-3H3,(H,16,17). The number of hydrogen-bond acceptors (Lipinski definition) is 4. The molecule has 0 aliphatic heterocycles. The van der Waals surface area contributed by atoms with Crippen molar-refractivity contribution in [2.24, 2.45) is 0 Å². The number of amides is 1. The van der Waals surface area contributed by atoms with E-state index < -0.39 is 9.84 Å². The first-order valence-corrected chi connectivity index (χ1v) is 8.37. The molecule has 0 atom stereocenters. The summed E-state index contributed by atoms with van der Waals surface area (Å²) in [6, 6.07) is 6.72. The summed E-state index contributed by atoms with van der Waals surface area (Å²) >= 11 is 0. The van der Waals surface area contributed by atoms with Gasteiger partial charge in [0.15, 0.2) is 9.84 Å². The molecule has 2 N–H and O–H groups in total. The van der Waals surface area contributed by atoms with Crippen molar-refractivity contribution < 1.29 is 13.2 Å². The number of para-hydroxylation sites is 1. The highest BCUT2D eigenvalue weighted by atomic mass is 32.2. The van der Waals surface area contributed by atoms with Crippen molar-refractivity contribution >= 4 is 21.4 Å². The van der Waals surface area contributed by atoms with E-state index in [9.17, 15) is 13.2 Å². The number of rotatable bonds is 7. The maximum absolute atomic E-state index is 12.1. The monoisotopic (exact) mass is 298 g/mol. The molecule has 0 radical (unpaired) electrons. The van der Waals surface area contributed by atoms with Gasteiger partial charge in [0, 0.05) is 6.04 Å². The van der Waals surface area contributed by atoms with Crippen LogP contribution in [0.5, 0.6) is 0 Å². The normalized spacial score (nSPS) is 11.4. The predicted octanol–water partition coefficient (Wildman–Crippen LogP) is 1.81. The van der Waals surface area contributed by atoms with Gasteiger partial charge in [-0.2, -0.15) is 0 Å². The molecule has 0 bridgehead atoms. The molecule has 20 heavy (non-hydrogen) atoms. The number of hydrogen-bond donors (Lipinski definition) is 2. The molecule has 0 fully saturated rings. The van der Waals surface area contributed by atoms with Gasteiger partial charge in [0.05, 0.1) is 22.9 Å². The van der Waals surface area contributed by atoms with Crippen molar-refractivity contribution in [1.82, 2.24) is 5.32 Å². The minimum Gasteiger partial charge on any atom is -0.375 e. The van der Waals surface area contributed by atoms with Crippen LogP contribution in [0.3, 0.4) is 0 Å². The molecule has 0 unspecified atom stereocenters. The van der Waals surface area contributed by atoms with Crippen LogP contribution in [-0.4, -0.2) is 32.7 Å². The van der Waals surface area contributed by atoms with Crippen LogP contribution in [0, 0.1) is 0 Å². The first-order chi connectivity index (χ1) is 9.36. The first kappa shape index (κ1) is 16.5. The first-order valence-electron chi connectivity index (χ1n) is 6.72. The Bertz CT molecular complexity index is 553. The number of benzene rings is 1. The fourth-order valence-corrected chi connectivity index (χ4v) is 3.33. The lowest BCUT2D eigenvalue weighted by molar-refractivity contribution is -0.119. The van der Waals surface area contributed by atoms with E-state index in [1.807, 2.05) is 20.8 Å². The van der Waals surface area contributed by atoms with Gasteiger partial charge in [-0.15, -0.1) is 0 Å². The Labute approximate surface area is 120 Å². The molecule has 0 saturated heterocycles. The summed E-state index contributed by atoms with van der Waals surface area (Å²) in [5, 5.41) is 5.64. The molecule has 0 heterocycles. The molecule has 0 aliphatic rings. The third kappa shape index (κ3) is 4.85. The van der Waals surface area contributed by atoms with E-state index in [4.69, 9.17) is 0 Å². The summed E-state index contributed by atoms with van der Waals surface area (Å²) in [6.07, 6.45) is 0.560. The smallest absolute Gasteiger partial charge is 0.239 e. The van der Waals surface area contributed by atoms with Crippen molar-refractivity contribution in [3.8, 4) is 0 Å². The lowest BCUT2D eigenvalue weighted by Gasteiger charge is -2.13. The highest BCUT2D eigenvalue weighted by molar-refractivity contribution is 7.91. The van der Waals surface area contributed by atoms with Gasteiger partial charge < -0.3 is 10.6 Å². The zero-order valence-electron chi connectivity index (χ0n) is 12.1. The number of carbonyl (C=O) groups is 1. The minimum absolute atomic E-state index is 0.0524. The van der Waals surface area contributed by atoms with Gasteiger partial charge >= 0.3 is 0 Å². The fraction of sp³-hybridized carbons (Fsp3) is 0.500. The molecular formula is C14H22N2O3S. The molecule has 5 nitrogen and oxygen atoms in total. The summed E-state index contributed by atoms with van der Waals surface area (Å²) in [7, 11) is -3.31. The molecule has 0 saturated carbocycles. The van der Waals surface area contributed by atoms with E-state index >= 15 is 0 Å². The van der Waals surface area contributed by atoms with Crippen LogP contribution in [0.15, 0.2) is 29.2 Å². The molecule has 1 aromatic rings. The molecule has 112 valence electrons. The van der Waals surface area contributed by atoms with Gasteiger partial charge in [0.25, 0.3) is 0 Å². The van der Waals surface area contributed by atoms with E-state index in [0.717, 1.165) is 0 Å². The second-order valence-electron chi connectivity index (χ2n) is 4.89. The van der Waals surface area contributed by atoms with Crippen molar-refractivity contribution in [2.75, 3.05) is 17.6 Å². The van der Waals surface area contributed by atoms with Gasteiger partial charge in [-0.05, 0) is 32.4 Å². The molecule has 1 aromatic carbocycles. The van der Waals surface area contributed by atoms with E-state index in [1.165, 1.54) is 0 Å². The number of sulfone groups is 1. The van der Waals surface area contributed by atoms with Crippen molar-refractivity contribution in [3.63, 3.8) is 0 Å². The van der Waals surface area contributed by atoms with Crippen LogP contribution < -0.4 is 10.6 Å². The molecule has 0 aromatic heterocycles. The van der Waals surface area contributed by atoms with Crippen molar-refractivity contribution in [3.05, 3.63) is 24.3 Å². The van der Waals surface area contributed by atoms with Crippen LogP contribution in [0.25, 0.3) is 0 Å². The Kier molecular flexibility index (Phi) is 6.01. The number of anilines is 1. The number of nitrogens with one attached hydrogen (secondary N) is 2. The minimum atomic E-state index is -3.31.